The molecular formula is C43H35N3O3. The highest BCUT2D eigenvalue weighted by Gasteiger charge is 2.32. The van der Waals surface area contributed by atoms with Crippen LogP contribution < -0.4 is 9.91 Å². The summed E-state index contributed by atoms with van der Waals surface area (Å²) in [5.74, 6) is 7.05. The predicted octanol–water partition coefficient (Wildman–Crippen LogP) is 10.2. The van der Waals surface area contributed by atoms with E-state index >= 15 is 0 Å². The molecule has 1 N–H and O–H groups in total. The van der Waals surface area contributed by atoms with Crippen molar-refractivity contribution in [2.45, 2.75) is 32.2 Å². The first-order valence-electron chi connectivity index (χ1n) is 16.5. The van der Waals surface area contributed by atoms with Crippen LogP contribution in [0.1, 0.15) is 64.2 Å². The van der Waals surface area contributed by atoms with E-state index in [1.165, 1.54) is 0 Å². The van der Waals surface area contributed by atoms with E-state index in [0.29, 0.717) is 6.42 Å². The van der Waals surface area contributed by atoms with Crippen molar-refractivity contribution < 1.29 is 14.3 Å². The number of hydrogen-bond acceptors (Lipinski definition) is 5. The first-order chi connectivity index (χ1) is 24.1. The highest BCUT2D eigenvalue weighted by molar-refractivity contribution is 6.03. The maximum Gasteiger partial charge on any atom is 0.335 e. The number of nitrogens with zero attached hydrogens (tertiary/aromatic N) is 3. The number of aryl methyl sites for hydroxylation is 1. The third-order valence-corrected chi connectivity index (χ3v) is 8.55. The Morgan fingerprint density at radius 1 is 0.755 bits per heavy atom. The first kappa shape index (κ1) is 31.3. The number of hydrazone groups is 1. The Bertz CT molecular complexity index is 2090. The Labute approximate surface area is 286 Å². The fourth-order valence-corrected chi connectivity index (χ4v) is 6.05. The molecule has 7 rings (SSSR count). The SMILES string of the molecule is CCCc1ccc(N2N=C(c3ccc(C#Cc4ccc(C(=O)O)cc4)cc3)CC2c2ccc(N(c3ccccc3)c3ccccc3)cc2)o1. The van der Waals surface area contributed by atoms with Crippen molar-refractivity contribution in [1.82, 2.24) is 0 Å². The second kappa shape index (κ2) is 14.2. The van der Waals surface area contributed by atoms with Crippen LogP contribution >= 0.6 is 0 Å². The summed E-state index contributed by atoms with van der Waals surface area (Å²) in [6.07, 6.45) is 2.60. The number of benzene rings is 5. The van der Waals surface area contributed by atoms with Crippen molar-refractivity contribution in [2.24, 2.45) is 5.10 Å². The third-order valence-electron chi connectivity index (χ3n) is 8.55. The van der Waals surface area contributed by atoms with Gasteiger partial charge in [0, 0.05) is 47.1 Å². The summed E-state index contributed by atoms with van der Waals surface area (Å²) in [5.41, 5.74) is 8.28. The van der Waals surface area contributed by atoms with E-state index in [1.807, 2.05) is 41.4 Å². The van der Waals surface area contributed by atoms with Crippen LogP contribution in [0.15, 0.2) is 155 Å². The molecule has 2 heterocycles. The lowest BCUT2D eigenvalue weighted by Crippen LogP contribution is -2.18. The molecule has 1 unspecified atom stereocenters. The van der Waals surface area contributed by atoms with Crippen LogP contribution in [0.4, 0.5) is 22.9 Å². The van der Waals surface area contributed by atoms with Gasteiger partial charge in [-0.2, -0.15) is 5.10 Å². The van der Waals surface area contributed by atoms with Gasteiger partial charge in [-0.25, -0.2) is 9.80 Å². The highest BCUT2D eigenvalue weighted by atomic mass is 16.4. The summed E-state index contributed by atoms with van der Waals surface area (Å²) < 4.78 is 6.29. The minimum Gasteiger partial charge on any atom is -0.478 e. The van der Waals surface area contributed by atoms with Crippen molar-refractivity contribution >= 4 is 34.6 Å². The Morgan fingerprint density at radius 3 is 1.90 bits per heavy atom. The number of carbonyl (C=O) groups is 1. The zero-order chi connectivity index (χ0) is 33.6. The fraction of sp³-hybridized carbons (Fsp3) is 0.116. The largest absolute Gasteiger partial charge is 0.478 e. The summed E-state index contributed by atoms with van der Waals surface area (Å²) in [6, 6.07) is 48.3. The van der Waals surface area contributed by atoms with Crippen LogP contribution in [0.3, 0.4) is 0 Å². The summed E-state index contributed by atoms with van der Waals surface area (Å²) in [4.78, 5) is 13.4. The topological polar surface area (TPSA) is 69.3 Å². The number of rotatable bonds is 9. The van der Waals surface area contributed by atoms with Crippen molar-refractivity contribution in [2.75, 3.05) is 9.91 Å². The van der Waals surface area contributed by atoms with E-state index in [-0.39, 0.29) is 11.6 Å². The predicted molar refractivity (Wildman–Crippen MR) is 196 cm³/mol. The lowest BCUT2D eigenvalue weighted by Gasteiger charge is -2.26. The summed E-state index contributed by atoms with van der Waals surface area (Å²) in [5, 5.41) is 16.3. The minimum absolute atomic E-state index is 0.0418. The Hall–Kier alpha value is -6.32. The van der Waals surface area contributed by atoms with E-state index in [1.54, 1.807) is 24.3 Å². The van der Waals surface area contributed by atoms with Gasteiger partial charge in [0.15, 0.2) is 0 Å². The van der Waals surface area contributed by atoms with E-state index in [9.17, 15) is 4.79 Å². The van der Waals surface area contributed by atoms with Crippen LogP contribution in [0.2, 0.25) is 0 Å². The van der Waals surface area contributed by atoms with Crippen LogP contribution in [-0.2, 0) is 6.42 Å². The standard InChI is InChI=1S/C43H35N3O3/c1-2-9-39-28-29-42(49-39)46-41(34-24-26-38(27-25-34)45(36-10-5-3-6-11-36)37-12-7-4-8-13-37)30-40(44-46)33-20-16-31(17-21-33)14-15-32-18-22-35(23-19-32)43(47)48/h3-8,10-13,16-29,41H,2,9,30H2,1H3,(H,47,48). The molecule has 0 aliphatic carbocycles. The molecule has 1 aliphatic heterocycles. The number of anilines is 4. The molecular weight excluding hydrogens is 606 g/mol. The van der Waals surface area contributed by atoms with Gasteiger partial charge in [0.05, 0.1) is 17.3 Å². The maximum absolute atomic E-state index is 11.1. The average molecular weight is 642 g/mol. The van der Waals surface area contributed by atoms with Crippen LogP contribution in [0, 0.1) is 11.8 Å². The first-order valence-corrected chi connectivity index (χ1v) is 16.5. The number of carboxylic acids is 1. The van der Waals surface area contributed by atoms with Crippen LogP contribution in [-0.4, -0.2) is 16.8 Å². The Kier molecular flexibility index (Phi) is 9.07. The van der Waals surface area contributed by atoms with Gasteiger partial charge in [0.2, 0.25) is 5.88 Å². The van der Waals surface area contributed by atoms with E-state index in [0.717, 1.165) is 69.5 Å². The van der Waals surface area contributed by atoms with Gasteiger partial charge in [-0.3, -0.25) is 0 Å². The van der Waals surface area contributed by atoms with Gasteiger partial charge in [-0.1, -0.05) is 79.4 Å². The van der Waals surface area contributed by atoms with Crippen molar-refractivity contribution in [3.63, 3.8) is 0 Å². The second-order valence-electron chi connectivity index (χ2n) is 11.9. The average Bonchev–Trinajstić information content (AvgIpc) is 3.81. The van der Waals surface area contributed by atoms with Crippen LogP contribution in [0.25, 0.3) is 0 Å². The number of carboxylic acid groups (broad SMARTS) is 1. The molecule has 6 heteroatoms. The van der Waals surface area contributed by atoms with Crippen molar-refractivity contribution in [1.29, 1.82) is 0 Å². The lowest BCUT2D eigenvalue weighted by atomic mass is 9.97. The van der Waals surface area contributed by atoms with Crippen molar-refractivity contribution in [3.05, 3.63) is 179 Å². The maximum atomic E-state index is 11.1. The molecule has 0 spiro atoms. The molecule has 49 heavy (non-hydrogen) atoms. The summed E-state index contributed by atoms with van der Waals surface area (Å²) in [7, 11) is 0. The number of hydrogen-bond donors (Lipinski definition) is 1. The van der Waals surface area contributed by atoms with E-state index < -0.39 is 5.97 Å². The molecule has 1 aromatic heterocycles. The van der Waals surface area contributed by atoms with Gasteiger partial charge in [-0.05, 0) is 96.4 Å². The highest BCUT2D eigenvalue weighted by Crippen LogP contribution is 2.40. The van der Waals surface area contributed by atoms with Gasteiger partial charge < -0.3 is 14.4 Å². The minimum atomic E-state index is -0.950. The number of aromatic carboxylic acids is 1. The second-order valence-corrected chi connectivity index (χ2v) is 11.9. The molecule has 0 saturated carbocycles. The number of para-hydroxylation sites is 2. The molecule has 1 aliphatic rings. The van der Waals surface area contributed by atoms with Gasteiger partial charge in [0.25, 0.3) is 0 Å². The smallest absolute Gasteiger partial charge is 0.335 e. The lowest BCUT2D eigenvalue weighted by molar-refractivity contribution is 0.0697. The van der Waals surface area contributed by atoms with E-state index in [4.69, 9.17) is 14.6 Å². The zero-order valence-corrected chi connectivity index (χ0v) is 27.2. The quantitative estimate of drug-likeness (QED) is 0.159. The molecule has 1 atom stereocenters. The van der Waals surface area contributed by atoms with Gasteiger partial charge in [-0.15, -0.1) is 0 Å². The Balaban J connectivity index is 1.16. The monoisotopic (exact) mass is 641 g/mol. The van der Waals surface area contributed by atoms with Gasteiger partial charge >= 0.3 is 5.97 Å². The number of furan rings is 1. The van der Waals surface area contributed by atoms with E-state index in [2.05, 4.69) is 109 Å². The molecule has 6 nitrogen and oxygen atoms in total. The van der Waals surface area contributed by atoms with Gasteiger partial charge in [0.1, 0.15) is 5.76 Å². The molecule has 0 saturated heterocycles. The molecule has 0 radical (unpaired) electrons. The third kappa shape index (κ3) is 7.02. The molecule has 0 amide bonds. The molecule has 6 aromatic rings. The van der Waals surface area contributed by atoms with Crippen molar-refractivity contribution in [3.8, 4) is 11.8 Å². The Morgan fingerprint density at radius 2 is 1.33 bits per heavy atom. The molecule has 240 valence electrons. The fourth-order valence-electron chi connectivity index (χ4n) is 6.05. The zero-order valence-electron chi connectivity index (χ0n) is 27.2. The normalized spacial score (nSPS) is 13.8. The molecule has 5 aromatic carbocycles. The molecule has 0 bridgehead atoms. The van der Waals surface area contributed by atoms with Crippen LogP contribution in [0.5, 0.6) is 0 Å². The summed E-state index contributed by atoms with van der Waals surface area (Å²) >= 11 is 0. The summed E-state index contributed by atoms with van der Waals surface area (Å²) in [6.45, 7) is 2.15. The molecule has 0 fully saturated rings.